The average Bonchev–Trinajstić information content (AvgIpc) is 2.44. The van der Waals surface area contributed by atoms with Gasteiger partial charge < -0.3 is 14.8 Å². The number of hydrogen-bond acceptors (Lipinski definition) is 4. The predicted octanol–water partition coefficient (Wildman–Crippen LogP) is 4.08. The molecule has 0 aliphatic carbocycles. The highest BCUT2D eigenvalue weighted by Crippen LogP contribution is 2.21. The summed E-state index contributed by atoms with van der Waals surface area (Å²) in [6.45, 7) is 3.05. The van der Waals surface area contributed by atoms with E-state index in [-0.39, 0.29) is 17.8 Å². The molecule has 0 spiro atoms. The number of anilines is 2. The van der Waals surface area contributed by atoms with Crippen molar-refractivity contribution in [3.05, 3.63) is 24.0 Å². The van der Waals surface area contributed by atoms with Gasteiger partial charge in [-0.15, -0.1) is 0 Å². The summed E-state index contributed by atoms with van der Waals surface area (Å²) in [6.07, 6.45) is -5.65. The van der Waals surface area contributed by atoms with E-state index >= 15 is 0 Å². The summed E-state index contributed by atoms with van der Waals surface area (Å²) in [5.41, 5.74) is -0.841. The SMILES string of the molecule is CC(C)(C)OC(=O)Nc1cc(NC(=O)CCOCC(F)(F)F)ccc1F. The van der Waals surface area contributed by atoms with E-state index in [2.05, 4.69) is 15.4 Å². The lowest BCUT2D eigenvalue weighted by atomic mass is 10.2. The van der Waals surface area contributed by atoms with Crippen LogP contribution in [-0.2, 0) is 14.3 Å². The van der Waals surface area contributed by atoms with Crippen molar-refractivity contribution in [2.24, 2.45) is 0 Å². The molecule has 0 saturated carbocycles. The molecule has 0 heterocycles. The summed E-state index contributed by atoms with van der Waals surface area (Å²) >= 11 is 0. The highest BCUT2D eigenvalue weighted by molar-refractivity contribution is 5.92. The lowest BCUT2D eigenvalue weighted by molar-refractivity contribution is -0.174. The predicted molar refractivity (Wildman–Crippen MR) is 86.4 cm³/mol. The molecule has 0 unspecified atom stereocenters. The molecule has 1 aromatic carbocycles. The van der Waals surface area contributed by atoms with Crippen LogP contribution in [0.25, 0.3) is 0 Å². The minimum Gasteiger partial charge on any atom is -0.444 e. The van der Waals surface area contributed by atoms with Crippen LogP contribution >= 0.6 is 0 Å². The molecule has 26 heavy (non-hydrogen) atoms. The molecule has 2 N–H and O–H groups in total. The Labute approximate surface area is 147 Å². The molecule has 0 radical (unpaired) electrons. The normalized spacial score (nSPS) is 11.8. The molecule has 0 aromatic heterocycles. The maximum Gasteiger partial charge on any atom is 0.412 e. The van der Waals surface area contributed by atoms with Crippen LogP contribution in [-0.4, -0.2) is 37.0 Å². The Morgan fingerprint density at radius 1 is 1.12 bits per heavy atom. The Balaban J connectivity index is 2.58. The minimum atomic E-state index is -4.46. The van der Waals surface area contributed by atoms with Crippen molar-refractivity contribution >= 4 is 23.4 Å². The molecule has 1 rings (SSSR count). The van der Waals surface area contributed by atoms with Crippen molar-refractivity contribution in [3.63, 3.8) is 0 Å². The zero-order valence-electron chi connectivity index (χ0n) is 14.5. The summed E-state index contributed by atoms with van der Waals surface area (Å²) in [4.78, 5) is 23.3. The first-order valence-electron chi connectivity index (χ1n) is 7.59. The molecular formula is C16H20F4N2O4. The van der Waals surface area contributed by atoms with E-state index < -0.39 is 42.8 Å². The fourth-order valence-electron chi connectivity index (χ4n) is 1.69. The van der Waals surface area contributed by atoms with Crippen molar-refractivity contribution in [3.8, 4) is 0 Å². The Bertz CT molecular complexity index is 642. The number of benzene rings is 1. The van der Waals surface area contributed by atoms with E-state index in [9.17, 15) is 27.2 Å². The number of hydrogen-bond donors (Lipinski definition) is 2. The molecule has 0 fully saturated rings. The number of ether oxygens (including phenoxy) is 2. The molecular weight excluding hydrogens is 360 g/mol. The Hall–Kier alpha value is -2.36. The van der Waals surface area contributed by atoms with Gasteiger partial charge in [0.15, 0.2) is 0 Å². The van der Waals surface area contributed by atoms with E-state index in [1.807, 2.05) is 0 Å². The first kappa shape index (κ1) is 21.7. The van der Waals surface area contributed by atoms with Crippen molar-refractivity contribution in [1.29, 1.82) is 0 Å². The largest absolute Gasteiger partial charge is 0.444 e. The molecule has 1 aromatic rings. The topological polar surface area (TPSA) is 76.7 Å². The lowest BCUT2D eigenvalue weighted by Crippen LogP contribution is -2.27. The van der Waals surface area contributed by atoms with Crippen molar-refractivity contribution in [1.82, 2.24) is 0 Å². The van der Waals surface area contributed by atoms with Gasteiger partial charge >= 0.3 is 12.3 Å². The number of nitrogens with one attached hydrogen (secondary N) is 2. The number of alkyl halides is 3. The zero-order chi connectivity index (χ0) is 20.0. The van der Waals surface area contributed by atoms with Crippen LogP contribution < -0.4 is 10.6 Å². The van der Waals surface area contributed by atoms with Crippen LogP contribution in [0.15, 0.2) is 18.2 Å². The quantitative estimate of drug-likeness (QED) is 0.576. The second-order valence-corrected chi connectivity index (χ2v) is 6.29. The molecule has 0 saturated heterocycles. The van der Waals surface area contributed by atoms with Gasteiger partial charge in [-0.25, -0.2) is 9.18 Å². The molecule has 10 heteroatoms. The third kappa shape index (κ3) is 9.21. The average molecular weight is 380 g/mol. The van der Waals surface area contributed by atoms with Gasteiger partial charge in [0.25, 0.3) is 0 Å². The highest BCUT2D eigenvalue weighted by atomic mass is 19.4. The zero-order valence-corrected chi connectivity index (χ0v) is 14.5. The number of carbonyl (C=O) groups is 2. The summed E-state index contributed by atoms with van der Waals surface area (Å²) in [7, 11) is 0. The molecule has 0 atom stereocenters. The van der Waals surface area contributed by atoms with E-state index in [4.69, 9.17) is 4.74 Å². The second kappa shape index (κ2) is 8.84. The van der Waals surface area contributed by atoms with E-state index in [0.717, 1.165) is 12.1 Å². The second-order valence-electron chi connectivity index (χ2n) is 6.29. The summed E-state index contributed by atoms with van der Waals surface area (Å²) < 4.78 is 58.8. The minimum absolute atomic E-state index is 0.151. The Morgan fingerprint density at radius 2 is 1.77 bits per heavy atom. The van der Waals surface area contributed by atoms with Gasteiger partial charge in [-0.05, 0) is 39.0 Å². The number of amides is 2. The van der Waals surface area contributed by atoms with Crippen molar-refractivity contribution in [2.45, 2.75) is 39.0 Å². The van der Waals surface area contributed by atoms with Gasteiger partial charge in [-0.3, -0.25) is 10.1 Å². The molecule has 6 nitrogen and oxygen atoms in total. The summed E-state index contributed by atoms with van der Waals surface area (Å²) in [5.74, 6) is -1.37. The van der Waals surface area contributed by atoms with Crippen LogP contribution in [0.1, 0.15) is 27.2 Å². The van der Waals surface area contributed by atoms with Crippen LogP contribution in [0, 0.1) is 5.82 Å². The third-order valence-corrected chi connectivity index (χ3v) is 2.62. The highest BCUT2D eigenvalue weighted by Gasteiger charge is 2.27. The molecule has 146 valence electrons. The number of rotatable bonds is 6. The van der Waals surface area contributed by atoms with Crippen LogP contribution in [0.5, 0.6) is 0 Å². The van der Waals surface area contributed by atoms with E-state index in [1.165, 1.54) is 6.07 Å². The van der Waals surface area contributed by atoms with Gasteiger partial charge in [0.1, 0.15) is 18.0 Å². The first-order valence-corrected chi connectivity index (χ1v) is 7.59. The van der Waals surface area contributed by atoms with Crippen LogP contribution in [0.4, 0.5) is 33.7 Å². The fourth-order valence-corrected chi connectivity index (χ4v) is 1.69. The Kier molecular flexibility index (Phi) is 7.37. The van der Waals surface area contributed by atoms with Gasteiger partial charge in [-0.2, -0.15) is 13.2 Å². The van der Waals surface area contributed by atoms with Gasteiger partial charge in [0.2, 0.25) is 5.91 Å². The van der Waals surface area contributed by atoms with E-state index in [0.29, 0.717) is 0 Å². The van der Waals surface area contributed by atoms with Gasteiger partial charge in [-0.1, -0.05) is 0 Å². The van der Waals surface area contributed by atoms with Crippen LogP contribution in [0.2, 0.25) is 0 Å². The van der Waals surface area contributed by atoms with Gasteiger partial charge in [0.05, 0.1) is 18.7 Å². The smallest absolute Gasteiger partial charge is 0.412 e. The number of carbonyl (C=O) groups excluding carboxylic acids is 2. The maximum atomic E-state index is 13.8. The monoisotopic (exact) mass is 380 g/mol. The molecule has 0 aliphatic rings. The number of halogens is 4. The lowest BCUT2D eigenvalue weighted by Gasteiger charge is -2.20. The summed E-state index contributed by atoms with van der Waals surface area (Å²) in [6, 6.07) is 3.42. The first-order chi connectivity index (χ1) is 11.9. The van der Waals surface area contributed by atoms with Crippen LogP contribution in [0.3, 0.4) is 0 Å². The van der Waals surface area contributed by atoms with Crippen molar-refractivity contribution in [2.75, 3.05) is 23.8 Å². The van der Waals surface area contributed by atoms with Crippen molar-refractivity contribution < 1.29 is 36.6 Å². The maximum absolute atomic E-state index is 13.8. The molecule has 0 bridgehead atoms. The Morgan fingerprint density at radius 3 is 2.35 bits per heavy atom. The van der Waals surface area contributed by atoms with Gasteiger partial charge in [0, 0.05) is 5.69 Å². The molecule has 0 aliphatic heterocycles. The summed E-state index contributed by atoms with van der Waals surface area (Å²) in [5, 5.41) is 4.58. The molecule has 2 amide bonds. The third-order valence-electron chi connectivity index (χ3n) is 2.62. The standard InChI is InChI=1S/C16H20F4N2O4/c1-15(2,3)26-14(24)22-12-8-10(4-5-11(12)17)21-13(23)6-7-25-9-16(18,19)20/h4-5,8H,6-7,9H2,1-3H3,(H,21,23)(H,22,24). The fraction of sp³-hybridized carbons (Fsp3) is 0.500. The van der Waals surface area contributed by atoms with E-state index in [1.54, 1.807) is 20.8 Å².